The second kappa shape index (κ2) is 8.00. The number of nitrogens with zero attached hydrogens (tertiary/aromatic N) is 1. The molecule has 5 heteroatoms. The van der Waals surface area contributed by atoms with Crippen molar-refractivity contribution in [3.8, 4) is 0 Å². The molecule has 0 bridgehead atoms. The second-order valence-corrected chi connectivity index (χ2v) is 7.37. The van der Waals surface area contributed by atoms with Crippen LogP contribution in [0.3, 0.4) is 0 Å². The SMILES string of the molecule is c1coc(CN2CC[C@H]3O[C@@H](COCC4CCOCC4)CC[C@H]32)c1. The van der Waals surface area contributed by atoms with Crippen molar-refractivity contribution in [2.75, 3.05) is 33.0 Å². The first-order valence-corrected chi connectivity index (χ1v) is 9.46. The number of rotatable bonds is 6. The van der Waals surface area contributed by atoms with Gasteiger partial charge in [0.1, 0.15) is 5.76 Å². The van der Waals surface area contributed by atoms with Gasteiger partial charge in [-0.25, -0.2) is 0 Å². The molecule has 24 heavy (non-hydrogen) atoms. The van der Waals surface area contributed by atoms with Gasteiger partial charge in [0.05, 0.1) is 31.6 Å². The Bertz CT molecular complexity index is 486. The van der Waals surface area contributed by atoms with E-state index in [-0.39, 0.29) is 6.10 Å². The fraction of sp³-hybridized carbons (Fsp3) is 0.789. The van der Waals surface area contributed by atoms with E-state index in [0.717, 1.165) is 71.0 Å². The third kappa shape index (κ3) is 4.02. The maximum atomic E-state index is 6.33. The summed E-state index contributed by atoms with van der Waals surface area (Å²) in [6.45, 7) is 5.40. The minimum Gasteiger partial charge on any atom is -0.468 e. The van der Waals surface area contributed by atoms with E-state index < -0.39 is 0 Å². The quantitative estimate of drug-likeness (QED) is 0.800. The molecule has 0 N–H and O–H groups in total. The molecule has 0 spiro atoms. The minimum absolute atomic E-state index is 0.273. The molecule has 5 nitrogen and oxygen atoms in total. The van der Waals surface area contributed by atoms with Gasteiger partial charge in [-0.1, -0.05) is 0 Å². The number of hydrogen-bond acceptors (Lipinski definition) is 5. The van der Waals surface area contributed by atoms with E-state index in [0.29, 0.717) is 18.1 Å². The topological polar surface area (TPSA) is 44.1 Å². The lowest BCUT2D eigenvalue weighted by molar-refractivity contribution is -0.105. The van der Waals surface area contributed by atoms with Gasteiger partial charge in [0.2, 0.25) is 0 Å². The highest BCUT2D eigenvalue weighted by molar-refractivity contribution is 5.01. The van der Waals surface area contributed by atoms with E-state index in [1.54, 1.807) is 6.26 Å². The first kappa shape index (κ1) is 16.6. The van der Waals surface area contributed by atoms with Crippen LogP contribution in [-0.4, -0.2) is 56.1 Å². The zero-order valence-electron chi connectivity index (χ0n) is 14.4. The lowest BCUT2D eigenvalue weighted by atomic mass is 9.99. The number of hydrogen-bond donors (Lipinski definition) is 0. The fourth-order valence-corrected chi connectivity index (χ4v) is 4.29. The predicted molar refractivity (Wildman–Crippen MR) is 89.8 cm³/mol. The summed E-state index contributed by atoms with van der Waals surface area (Å²) in [5.74, 6) is 1.72. The monoisotopic (exact) mass is 335 g/mol. The molecule has 4 heterocycles. The molecule has 0 unspecified atom stereocenters. The first-order valence-electron chi connectivity index (χ1n) is 9.46. The van der Waals surface area contributed by atoms with Gasteiger partial charge in [0.25, 0.3) is 0 Å². The van der Waals surface area contributed by atoms with Crippen LogP contribution < -0.4 is 0 Å². The summed E-state index contributed by atoms with van der Waals surface area (Å²) in [5.41, 5.74) is 0. The zero-order chi connectivity index (χ0) is 16.2. The molecule has 0 saturated carbocycles. The molecule has 134 valence electrons. The van der Waals surface area contributed by atoms with Gasteiger partial charge in [-0.2, -0.15) is 0 Å². The van der Waals surface area contributed by atoms with Gasteiger partial charge in [-0.05, 0) is 50.2 Å². The summed E-state index contributed by atoms with van der Waals surface area (Å²) in [7, 11) is 0. The molecular weight excluding hydrogens is 306 g/mol. The third-order valence-electron chi connectivity index (χ3n) is 5.69. The highest BCUT2D eigenvalue weighted by Gasteiger charge is 2.40. The molecule has 3 fully saturated rings. The van der Waals surface area contributed by atoms with Crippen LogP contribution in [0, 0.1) is 5.92 Å². The summed E-state index contributed by atoms with van der Waals surface area (Å²) in [4.78, 5) is 2.52. The van der Waals surface area contributed by atoms with Crippen molar-refractivity contribution in [2.24, 2.45) is 5.92 Å². The molecule has 0 aromatic carbocycles. The van der Waals surface area contributed by atoms with Crippen molar-refractivity contribution in [1.82, 2.24) is 4.90 Å². The summed E-state index contributed by atoms with van der Waals surface area (Å²) < 4.78 is 23.2. The summed E-state index contributed by atoms with van der Waals surface area (Å²) >= 11 is 0. The average Bonchev–Trinajstić information content (AvgIpc) is 3.26. The zero-order valence-corrected chi connectivity index (χ0v) is 14.4. The summed E-state index contributed by atoms with van der Waals surface area (Å²) in [5, 5.41) is 0. The van der Waals surface area contributed by atoms with Gasteiger partial charge < -0.3 is 18.6 Å². The van der Waals surface area contributed by atoms with E-state index in [9.17, 15) is 0 Å². The standard InChI is InChI=1S/C19H29NO4/c1-2-16(23-9-1)12-20-8-5-19-18(20)4-3-17(24-19)14-22-13-15-6-10-21-11-7-15/h1-2,9,15,17-19H,3-8,10-14H2/t17-,18-,19-/m1/s1. The molecule has 1 aromatic rings. The average molecular weight is 335 g/mol. The molecule has 3 aliphatic heterocycles. The molecule has 3 atom stereocenters. The van der Waals surface area contributed by atoms with Gasteiger partial charge >= 0.3 is 0 Å². The molecule has 3 saturated heterocycles. The van der Waals surface area contributed by atoms with Crippen LogP contribution >= 0.6 is 0 Å². The van der Waals surface area contributed by atoms with E-state index in [1.165, 1.54) is 6.42 Å². The lowest BCUT2D eigenvalue weighted by Gasteiger charge is -2.36. The Morgan fingerprint density at radius 2 is 2.00 bits per heavy atom. The van der Waals surface area contributed by atoms with Crippen molar-refractivity contribution in [1.29, 1.82) is 0 Å². The van der Waals surface area contributed by atoms with Crippen LogP contribution in [0.15, 0.2) is 22.8 Å². The van der Waals surface area contributed by atoms with Crippen LogP contribution in [0.1, 0.15) is 37.9 Å². The lowest BCUT2D eigenvalue weighted by Crippen LogP contribution is -2.43. The van der Waals surface area contributed by atoms with Crippen molar-refractivity contribution < 1.29 is 18.6 Å². The van der Waals surface area contributed by atoms with Gasteiger partial charge in [-0.15, -0.1) is 0 Å². The Morgan fingerprint density at radius 3 is 2.83 bits per heavy atom. The Balaban J connectivity index is 1.19. The normalized spacial score (nSPS) is 32.1. The first-order chi connectivity index (χ1) is 11.9. The Kier molecular flexibility index (Phi) is 5.53. The number of likely N-dealkylation sites (tertiary alicyclic amines) is 1. The van der Waals surface area contributed by atoms with Crippen LogP contribution in [0.4, 0.5) is 0 Å². The molecule has 4 rings (SSSR count). The molecule has 0 amide bonds. The highest BCUT2D eigenvalue weighted by Crippen LogP contribution is 2.32. The molecule has 0 radical (unpaired) electrons. The van der Waals surface area contributed by atoms with Gasteiger partial charge in [0, 0.05) is 32.4 Å². The Morgan fingerprint density at radius 1 is 1.08 bits per heavy atom. The second-order valence-electron chi connectivity index (χ2n) is 7.37. The largest absolute Gasteiger partial charge is 0.468 e. The number of furan rings is 1. The van der Waals surface area contributed by atoms with E-state index >= 15 is 0 Å². The Hall–Kier alpha value is -0.880. The maximum Gasteiger partial charge on any atom is 0.117 e. The van der Waals surface area contributed by atoms with Crippen LogP contribution in [-0.2, 0) is 20.8 Å². The van der Waals surface area contributed by atoms with E-state index in [4.69, 9.17) is 18.6 Å². The number of ether oxygens (including phenoxy) is 3. The summed E-state index contributed by atoms with van der Waals surface area (Å²) in [6, 6.07) is 4.57. The molecule has 0 aliphatic carbocycles. The van der Waals surface area contributed by atoms with Crippen LogP contribution in [0.2, 0.25) is 0 Å². The Labute approximate surface area is 144 Å². The van der Waals surface area contributed by atoms with Crippen molar-refractivity contribution in [3.63, 3.8) is 0 Å². The number of fused-ring (bicyclic) bond motifs is 1. The van der Waals surface area contributed by atoms with E-state index in [1.807, 2.05) is 6.07 Å². The van der Waals surface area contributed by atoms with Crippen molar-refractivity contribution in [2.45, 2.75) is 56.9 Å². The molecule has 3 aliphatic rings. The smallest absolute Gasteiger partial charge is 0.117 e. The predicted octanol–water partition coefficient (Wildman–Crippen LogP) is 2.84. The van der Waals surface area contributed by atoms with Crippen molar-refractivity contribution >= 4 is 0 Å². The summed E-state index contributed by atoms with van der Waals surface area (Å²) in [6.07, 6.45) is 8.10. The van der Waals surface area contributed by atoms with Crippen LogP contribution in [0.5, 0.6) is 0 Å². The molecular formula is C19H29NO4. The highest BCUT2D eigenvalue weighted by atomic mass is 16.5. The van der Waals surface area contributed by atoms with E-state index in [2.05, 4.69) is 11.0 Å². The van der Waals surface area contributed by atoms with Crippen LogP contribution in [0.25, 0.3) is 0 Å². The third-order valence-corrected chi connectivity index (χ3v) is 5.69. The van der Waals surface area contributed by atoms with Gasteiger partial charge in [0.15, 0.2) is 0 Å². The minimum atomic E-state index is 0.273. The fourth-order valence-electron chi connectivity index (χ4n) is 4.29. The van der Waals surface area contributed by atoms with Crippen molar-refractivity contribution in [3.05, 3.63) is 24.2 Å². The van der Waals surface area contributed by atoms with Gasteiger partial charge in [-0.3, -0.25) is 4.90 Å². The maximum absolute atomic E-state index is 6.33. The molecule has 1 aromatic heterocycles.